The summed E-state index contributed by atoms with van der Waals surface area (Å²) in [6, 6.07) is 7.25. The van der Waals surface area contributed by atoms with Gasteiger partial charge in [0.25, 0.3) is 0 Å². The summed E-state index contributed by atoms with van der Waals surface area (Å²) in [4.78, 5) is 8.13. The summed E-state index contributed by atoms with van der Waals surface area (Å²) in [5.74, 6) is 1.97. The fourth-order valence-corrected chi connectivity index (χ4v) is 1.73. The van der Waals surface area contributed by atoms with Crippen molar-refractivity contribution in [1.82, 2.24) is 9.97 Å². The van der Waals surface area contributed by atoms with Crippen LogP contribution in [0.15, 0.2) is 30.5 Å². The highest BCUT2D eigenvalue weighted by atomic mass is 35.5. The van der Waals surface area contributed by atoms with Gasteiger partial charge >= 0.3 is 0 Å². The van der Waals surface area contributed by atoms with Crippen LogP contribution in [0.4, 0.5) is 5.95 Å². The van der Waals surface area contributed by atoms with Gasteiger partial charge < -0.3 is 14.8 Å². The second kappa shape index (κ2) is 6.24. The lowest BCUT2D eigenvalue weighted by atomic mass is 10.2. The van der Waals surface area contributed by atoms with Crippen molar-refractivity contribution in [3.05, 3.63) is 41.2 Å². The highest BCUT2D eigenvalue weighted by Crippen LogP contribution is 2.25. The Hall–Kier alpha value is -2.01. The molecule has 2 aromatic rings. The van der Waals surface area contributed by atoms with Gasteiger partial charge in [-0.15, -0.1) is 0 Å². The third-order valence-electron chi connectivity index (χ3n) is 2.55. The maximum absolute atomic E-state index is 5.79. The van der Waals surface area contributed by atoms with Crippen molar-refractivity contribution < 1.29 is 9.47 Å². The Balaban J connectivity index is 2.11. The Morgan fingerprint density at radius 1 is 1.21 bits per heavy atom. The summed E-state index contributed by atoms with van der Waals surface area (Å²) in [6.45, 7) is 0.535. The van der Waals surface area contributed by atoms with E-state index in [0.29, 0.717) is 17.6 Å². The Kier molecular flexibility index (Phi) is 4.41. The highest BCUT2D eigenvalue weighted by molar-refractivity contribution is 6.29. The third kappa shape index (κ3) is 3.48. The topological polar surface area (TPSA) is 56.3 Å². The van der Waals surface area contributed by atoms with Crippen LogP contribution in [0.1, 0.15) is 5.56 Å². The smallest absolute Gasteiger partial charge is 0.224 e. The van der Waals surface area contributed by atoms with Crippen LogP contribution in [-0.4, -0.2) is 24.2 Å². The van der Waals surface area contributed by atoms with E-state index in [1.165, 1.54) is 0 Å². The van der Waals surface area contributed by atoms with Crippen LogP contribution >= 0.6 is 11.6 Å². The number of hydrogen-bond acceptors (Lipinski definition) is 5. The van der Waals surface area contributed by atoms with E-state index in [1.807, 2.05) is 18.2 Å². The van der Waals surface area contributed by atoms with E-state index in [4.69, 9.17) is 21.1 Å². The number of methoxy groups -OCH3 is 2. The van der Waals surface area contributed by atoms with Gasteiger partial charge in [0.2, 0.25) is 5.95 Å². The maximum atomic E-state index is 5.79. The average Bonchev–Trinajstić information content (AvgIpc) is 2.45. The molecule has 0 saturated carbocycles. The zero-order valence-electron chi connectivity index (χ0n) is 10.7. The van der Waals surface area contributed by atoms with E-state index >= 15 is 0 Å². The second-order valence-electron chi connectivity index (χ2n) is 3.73. The predicted molar refractivity (Wildman–Crippen MR) is 73.9 cm³/mol. The highest BCUT2D eigenvalue weighted by Gasteiger charge is 2.05. The molecule has 0 atom stereocenters. The zero-order chi connectivity index (χ0) is 13.7. The zero-order valence-corrected chi connectivity index (χ0v) is 11.4. The molecule has 0 aliphatic rings. The summed E-state index contributed by atoms with van der Waals surface area (Å²) < 4.78 is 10.5. The molecule has 0 radical (unpaired) electrons. The van der Waals surface area contributed by atoms with E-state index in [0.717, 1.165) is 17.1 Å². The van der Waals surface area contributed by atoms with E-state index in [2.05, 4.69) is 15.3 Å². The van der Waals surface area contributed by atoms with Crippen molar-refractivity contribution in [3.63, 3.8) is 0 Å². The lowest BCUT2D eigenvalue weighted by Gasteiger charge is -2.11. The molecule has 0 fully saturated rings. The fourth-order valence-electron chi connectivity index (χ4n) is 1.59. The first-order valence-electron chi connectivity index (χ1n) is 5.66. The van der Waals surface area contributed by atoms with Crippen LogP contribution in [0, 0.1) is 0 Å². The van der Waals surface area contributed by atoms with Crippen LogP contribution in [0.2, 0.25) is 5.15 Å². The minimum Gasteiger partial charge on any atom is -0.497 e. The molecule has 100 valence electrons. The van der Waals surface area contributed by atoms with Crippen molar-refractivity contribution in [2.24, 2.45) is 0 Å². The summed E-state index contributed by atoms with van der Waals surface area (Å²) in [5.41, 5.74) is 0.979. The first-order valence-corrected chi connectivity index (χ1v) is 6.04. The molecular weight excluding hydrogens is 266 g/mol. The van der Waals surface area contributed by atoms with Gasteiger partial charge in [0.15, 0.2) is 0 Å². The maximum Gasteiger partial charge on any atom is 0.224 e. The Bertz CT molecular complexity index is 563. The van der Waals surface area contributed by atoms with E-state index in [9.17, 15) is 0 Å². The number of aromatic nitrogens is 2. The lowest BCUT2D eigenvalue weighted by Crippen LogP contribution is -2.05. The summed E-state index contributed by atoms with van der Waals surface area (Å²) in [7, 11) is 3.24. The molecule has 0 spiro atoms. The summed E-state index contributed by atoms with van der Waals surface area (Å²) in [6.07, 6.45) is 1.60. The Labute approximate surface area is 116 Å². The third-order valence-corrected chi connectivity index (χ3v) is 2.76. The van der Waals surface area contributed by atoms with Gasteiger partial charge in [-0.3, -0.25) is 0 Å². The number of rotatable bonds is 5. The van der Waals surface area contributed by atoms with Crippen molar-refractivity contribution >= 4 is 17.5 Å². The molecule has 1 heterocycles. The Morgan fingerprint density at radius 2 is 2.05 bits per heavy atom. The number of anilines is 1. The molecule has 0 aliphatic carbocycles. The molecule has 5 nitrogen and oxygen atoms in total. The number of ether oxygens (including phenoxy) is 2. The molecule has 19 heavy (non-hydrogen) atoms. The van der Waals surface area contributed by atoms with Gasteiger partial charge in [0.05, 0.1) is 14.2 Å². The van der Waals surface area contributed by atoms with Crippen molar-refractivity contribution in [3.8, 4) is 11.5 Å². The molecule has 6 heteroatoms. The van der Waals surface area contributed by atoms with Gasteiger partial charge in [-0.2, -0.15) is 0 Å². The van der Waals surface area contributed by atoms with Crippen LogP contribution < -0.4 is 14.8 Å². The average molecular weight is 280 g/mol. The molecule has 0 unspecified atom stereocenters. The van der Waals surface area contributed by atoms with E-state index < -0.39 is 0 Å². The minimum absolute atomic E-state index is 0.402. The first kappa shape index (κ1) is 13.4. The molecule has 0 saturated heterocycles. The number of nitrogens with zero attached hydrogens (tertiary/aromatic N) is 2. The van der Waals surface area contributed by atoms with Gasteiger partial charge in [0.1, 0.15) is 16.7 Å². The molecule has 2 rings (SSSR count). The molecule has 1 aromatic heterocycles. The molecule has 1 N–H and O–H groups in total. The van der Waals surface area contributed by atoms with Gasteiger partial charge in [-0.1, -0.05) is 11.6 Å². The monoisotopic (exact) mass is 279 g/mol. The quantitative estimate of drug-likeness (QED) is 0.853. The molecule has 0 aliphatic heterocycles. The standard InChI is InChI=1S/C13H14ClN3O2/c1-18-10-4-3-9(11(7-10)19-2)8-16-13-15-6-5-12(14)17-13/h3-7H,8H2,1-2H3,(H,15,16,17). The largest absolute Gasteiger partial charge is 0.497 e. The number of benzene rings is 1. The predicted octanol–water partition coefficient (Wildman–Crippen LogP) is 2.76. The Morgan fingerprint density at radius 3 is 2.74 bits per heavy atom. The van der Waals surface area contributed by atoms with Crippen molar-refractivity contribution in [1.29, 1.82) is 0 Å². The summed E-state index contributed by atoms with van der Waals surface area (Å²) >= 11 is 5.79. The van der Waals surface area contributed by atoms with Crippen LogP contribution in [-0.2, 0) is 6.54 Å². The van der Waals surface area contributed by atoms with Crippen LogP contribution in [0.25, 0.3) is 0 Å². The van der Waals surface area contributed by atoms with Crippen molar-refractivity contribution in [2.45, 2.75) is 6.54 Å². The number of nitrogens with one attached hydrogen (secondary N) is 1. The molecular formula is C13H14ClN3O2. The number of halogens is 1. The first-order chi connectivity index (χ1) is 9.22. The van der Waals surface area contributed by atoms with Crippen LogP contribution in [0.5, 0.6) is 11.5 Å². The minimum atomic E-state index is 0.402. The summed E-state index contributed by atoms with van der Waals surface area (Å²) in [5, 5.41) is 3.49. The van der Waals surface area contributed by atoms with E-state index in [1.54, 1.807) is 26.5 Å². The van der Waals surface area contributed by atoms with Crippen LogP contribution in [0.3, 0.4) is 0 Å². The molecule has 0 bridgehead atoms. The van der Waals surface area contributed by atoms with Gasteiger partial charge in [0, 0.05) is 24.4 Å². The normalized spacial score (nSPS) is 10.1. The van der Waals surface area contributed by atoms with Crippen molar-refractivity contribution in [2.75, 3.05) is 19.5 Å². The van der Waals surface area contributed by atoms with Gasteiger partial charge in [-0.05, 0) is 18.2 Å². The number of hydrogen-bond donors (Lipinski definition) is 1. The molecule has 1 aromatic carbocycles. The fraction of sp³-hybridized carbons (Fsp3) is 0.231. The van der Waals surface area contributed by atoms with E-state index in [-0.39, 0.29) is 0 Å². The SMILES string of the molecule is COc1ccc(CNc2nccc(Cl)n2)c(OC)c1. The molecule has 0 amide bonds. The van der Waals surface area contributed by atoms with Gasteiger partial charge in [-0.25, -0.2) is 9.97 Å². The second-order valence-corrected chi connectivity index (χ2v) is 4.12. The lowest BCUT2D eigenvalue weighted by molar-refractivity contribution is 0.391.